The van der Waals surface area contributed by atoms with Crippen LogP contribution in [0.2, 0.25) is 0 Å². The maximum absolute atomic E-state index is 12.5. The van der Waals surface area contributed by atoms with Gasteiger partial charge in [-0.3, -0.25) is 10.2 Å². The fourth-order valence-corrected chi connectivity index (χ4v) is 2.22. The number of rotatable bonds is 7. The summed E-state index contributed by atoms with van der Waals surface area (Å²) in [4.78, 5) is 1.12. The fraction of sp³-hybridized carbons (Fsp3) is 0.533. The Morgan fingerprint density at radius 3 is 2.29 bits per heavy atom. The Morgan fingerprint density at radius 1 is 1.19 bits per heavy atom. The minimum absolute atomic E-state index is 0.0347. The van der Waals surface area contributed by atoms with Gasteiger partial charge in [-0.2, -0.15) is 18.4 Å². The lowest BCUT2D eigenvalue weighted by molar-refractivity contribution is -0.144. The van der Waals surface area contributed by atoms with Crippen LogP contribution in [-0.2, 0) is 5.54 Å². The molecule has 21 heavy (non-hydrogen) atoms. The van der Waals surface area contributed by atoms with Gasteiger partial charge in [0.1, 0.15) is 5.54 Å². The molecule has 0 fully saturated rings. The second-order valence-corrected chi connectivity index (χ2v) is 5.10. The highest BCUT2D eigenvalue weighted by Crippen LogP contribution is 2.24. The highest BCUT2D eigenvalue weighted by Gasteiger charge is 2.36. The van der Waals surface area contributed by atoms with Crippen molar-refractivity contribution in [2.45, 2.75) is 25.1 Å². The van der Waals surface area contributed by atoms with Crippen molar-refractivity contribution in [3.05, 3.63) is 35.9 Å². The first-order valence-corrected chi connectivity index (χ1v) is 6.80. The number of nitrogens with zero attached hydrogens (tertiary/aromatic N) is 2. The first kappa shape index (κ1) is 17.5. The van der Waals surface area contributed by atoms with Crippen LogP contribution in [0.25, 0.3) is 0 Å². The smallest absolute Gasteiger partial charge is 0.295 e. The topological polar surface area (TPSA) is 39.1 Å². The molecule has 0 amide bonds. The summed E-state index contributed by atoms with van der Waals surface area (Å²) in [7, 11) is 1.37. The molecule has 0 bridgehead atoms. The molecule has 0 aliphatic carbocycles. The van der Waals surface area contributed by atoms with Crippen molar-refractivity contribution in [3.8, 4) is 6.07 Å². The van der Waals surface area contributed by atoms with Gasteiger partial charge in [0.05, 0.1) is 12.6 Å². The van der Waals surface area contributed by atoms with Crippen LogP contribution in [0.1, 0.15) is 18.9 Å². The molecule has 1 aromatic rings. The maximum atomic E-state index is 12.5. The Morgan fingerprint density at radius 2 is 1.81 bits per heavy atom. The van der Waals surface area contributed by atoms with Crippen molar-refractivity contribution in [2.24, 2.45) is 0 Å². The molecule has 3 nitrogen and oxygen atoms in total. The zero-order valence-electron chi connectivity index (χ0n) is 12.2. The molecule has 0 aliphatic rings. The average molecular weight is 299 g/mol. The van der Waals surface area contributed by atoms with Crippen molar-refractivity contribution in [1.82, 2.24) is 10.2 Å². The zero-order valence-corrected chi connectivity index (χ0v) is 12.2. The third-order valence-corrected chi connectivity index (χ3v) is 3.09. The van der Waals surface area contributed by atoms with Gasteiger partial charge < -0.3 is 0 Å². The van der Waals surface area contributed by atoms with E-state index in [1.165, 1.54) is 7.05 Å². The number of halogens is 3. The summed E-state index contributed by atoms with van der Waals surface area (Å²) in [6, 6.07) is 11.0. The number of alkyl halides is 3. The first-order chi connectivity index (χ1) is 9.83. The molecule has 0 heterocycles. The molecule has 1 unspecified atom stereocenters. The summed E-state index contributed by atoms with van der Waals surface area (Å²) in [5, 5.41) is 12.7. The number of hydrogen-bond acceptors (Lipinski definition) is 3. The Bertz CT molecular complexity index is 467. The molecule has 1 atom stereocenters. The molecule has 0 saturated heterocycles. The molecule has 0 radical (unpaired) electrons. The summed E-state index contributed by atoms with van der Waals surface area (Å²) in [6.45, 7) is 1.42. The lowest BCUT2D eigenvalue weighted by atomic mass is 9.90. The summed E-state index contributed by atoms with van der Waals surface area (Å²) in [6.07, 6.45) is -3.49. The average Bonchev–Trinajstić information content (AvgIpc) is 2.42. The minimum Gasteiger partial charge on any atom is -0.295 e. The van der Waals surface area contributed by atoms with Crippen LogP contribution in [0.5, 0.6) is 0 Å². The minimum atomic E-state index is -4.28. The van der Waals surface area contributed by atoms with Crippen molar-refractivity contribution in [1.29, 1.82) is 5.26 Å². The number of benzene rings is 1. The van der Waals surface area contributed by atoms with E-state index in [0.29, 0.717) is 12.1 Å². The van der Waals surface area contributed by atoms with E-state index in [-0.39, 0.29) is 6.54 Å². The molecule has 1 rings (SSSR count). The first-order valence-electron chi connectivity index (χ1n) is 6.80. The van der Waals surface area contributed by atoms with Gasteiger partial charge in [0.15, 0.2) is 0 Å². The van der Waals surface area contributed by atoms with E-state index in [1.54, 1.807) is 24.3 Å². The van der Waals surface area contributed by atoms with E-state index < -0.39 is 18.3 Å². The largest absolute Gasteiger partial charge is 0.401 e. The molecular weight excluding hydrogens is 279 g/mol. The Balaban J connectivity index is 2.99. The standard InChI is InChI=1S/C15H20F3N3/c1-3-9-20-14(10-19,13-7-5-4-6-8-13)11-21(2)12-15(16,17)18/h4-8,20H,3,9,11-12H2,1-2H3. The van der Waals surface area contributed by atoms with Crippen molar-refractivity contribution < 1.29 is 13.2 Å². The molecular formula is C15H20F3N3. The number of likely N-dealkylation sites (N-methyl/N-ethyl adjacent to an activating group) is 1. The van der Waals surface area contributed by atoms with Gasteiger partial charge in [0, 0.05) is 6.54 Å². The molecule has 1 aromatic carbocycles. The van der Waals surface area contributed by atoms with E-state index in [4.69, 9.17) is 0 Å². The van der Waals surface area contributed by atoms with Crippen LogP contribution in [0.3, 0.4) is 0 Å². The lowest BCUT2D eigenvalue weighted by Crippen LogP contribution is -2.51. The lowest BCUT2D eigenvalue weighted by Gasteiger charge is -2.33. The predicted molar refractivity (Wildman–Crippen MR) is 75.6 cm³/mol. The monoisotopic (exact) mass is 299 g/mol. The molecule has 0 aliphatic heterocycles. The second kappa shape index (κ2) is 7.43. The van der Waals surface area contributed by atoms with Gasteiger partial charge in [-0.15, -0.1) is 0 Å². The van der Waals surface area contributed by atoms with E-state index in [9.17, 15) is 18.4 Å². The van der Waals surface area contributed by atoms with Gasteiger partial charge in [0.25, 0.3) is 0 Å². The number of nitriles is 1. The number of hydrogen-bond donors (Lipinski definition) is 1. The van der Waals surface area contributed by atoms with Crippen LogP contribution >= 0.6 is 0 Å². The predicted octanol–water partition coefficient (Wildman–Crippen LogP) is 2.90. The molecule has 0 spiro atoms. The van der Waals surface area contributed by atoms with Gasteiger partial charge in [0.2, 0.25) is 0 Å². The van der Waals surface area contributed by atoms with E-state index in [1.807, 2.05) is 13.0 Å². The van der Waals surface area contributed by atoms with Crippen LogP contribution in [0.4, 0.5) is 13.2 Å². The molecule has 0 saturated carbocycles. The fourth-order valence-electron chi connectivity index (χ4n) is 2.22. The normalized spacial score (nSPS) is 14.7. The highest BCUT2D eigenvalue weighted by molar-refractivity contribution is 5.32. The Labute approximate surface area is 123 Å². The Kier molecular flexibility index (Phi) is 6.19. The molecule has 116 valence electrons. The van der Waals surface area contributed by atoms with Crippen molar-refractivity contribution >= 4 is 0 Å². The van der Waals surface area contributed by atoms with Crippen LogP contribution < -0.4 is 5.32 Å². The van der Waals surface area contributed by atoms with E-state index >= 15 is 0 Å². The van der Waals surface area contributed by atoms with Crippen molar-refractivity contribution in [2.75, 3.05) is 26.7 Å². The molecule has 1 N–H and O–H groups in total. The van der Waals surface area contributed by atoms with Gasteiger partial charge >= 0.3 is 6.18 Å². The third kappa shape index (κ3) is 5.37. The summed E-state index contributed by atoms with van der Waals surface area (Å²) in [5.74, 6) is 0. The zero-order chi connectivity index (χ0) is 15.9. The van der Waals surface area contributed by atoms with E-state index in [2.05, 4.69) is 11.4 Å². The van der Waals surface area contributed by atoms with Gasteiger partial charge in [-0.1, -0.05) is 37.3 Å². The van der Waals surface area contributed by atoms with Gasteiger partial charge in [-0.05, 0) is 25.6 Å². The quantitative estimate of drug-likeness (QED) is 0.841. The SMILES string of the molecule is CCCNC(C#N)(CN(C)CC(F)(F)F)c1ccccc1. The summed E-state index contributed by atoms with van der Waals surface area (Å²) in [5.41, 5.74) is -0.466. The number of nitrogens with one attached hydrogen (secondary N) is 1. The summed E-state index contributed by atoms with van der Waals surface area (Å²) < 4.78 is 37.5. The van der Waals surface area contributed by atoms with Crippen molar-refractivity contribution in [3.63, 3.8) is 0 Å². The summed E-state index contributed by atoms with van der Waals surface area (Å²) >= 11 is 0. The third-order valence-electron chi connectivity index (χ3n) is 3.09. The molecule has 6 heteroatoms. The highest BCUT2D eigenvalue weighted by atomic mass is 19.4. The van der Waals surface area contributed by atoms with Crippen LogP contribution in [0, 0.1) is 11.3 Å². The second-order valence-electron chi connectivity index (χ2n) is 5.10. The molecule has 0 aromatic heterocycles. The van der Waals surface area contributed by atoms with Crippen LogP contribution in [0.15, 0.2) is 30.3 Å². The maximum Gasteiger partial charge on any atom is 0.401 e. The Hall–Kier alpha value is -1.58. The van der Waals surface area contributed by atoms with E-state index in [0.717, 1.165) is 11.3 Å². The van der Waals surface area contributed by atoms with Crippen LogP contribution in [-0.4, -0.2) is 37.8 Å². The van der Waals surface area contributed by atoms with Gasteiger partial charge in [-0.25, -0.2) is 0 Å².